The highest BCUT2D eigenvalue weighted by atomic mass is 32.2. The Kier molecular flexibility index (Phi) is 5.29. The molecule has 0 unspecified atom stereocenters. The van der Waals surface area contributed by atoms with E-state index in [0.29, 0.717) is 34.2 Å². The van der Waals surface area contributed by atoms with Gasteiger partial charge in [-0.15, -0.1) is 11.8 Å². The lowest BCUT2D eigenvalue weighted by molar-refractivity contribution is -0.119. The molecule has 0 bridgehead atoms. The fourth-order valence-electron chi connectivity index (χ4n) is 3.76. The van der Waals surface area contributed by atoms with Gasteiger partial charge in [0.15, 0.2) is 11.5 Å². The zero-order chi connectivity index (χ0) is 21.4. The first-order chi connectivity index (χ1) is 14.4. The summed E-state index contributed by atoms with van der Waals surface area (Å²) in [5.41, 5.74) is 2.51. The minimum absolute atomic E-state index is 0.167. The van der Waals surface area contributed by atoms with Crippen LogP contribution in [-0.4, -0.2) is 48.6 Å². The van der Waals surface area contributed by atoms with Crippen molar-refractivity contribution in [2.75, 3.05) is 30.6 Å². The Morgan fingerprint density at radius 3 is 2.30 bits per heavy atom. The van der Waals surface area contributed by atoms with Gasteiger partial charge >= 0.3 is 0 Å². The van der Waals surface area contributed by atoms with E-state index in [1.54, 1.807) is 47.0 Å². The van der Waals surface area contributed by atoms with Crippen LogP contribution in [0.25, 0.3) is 0 Å². The molecule has 0 radical (unpaired) electrons. The van der Waals surface area contributed by atoms with E-state index in [-0.39, 0.29) is 23.1 Å². The van der Waals surface area contributed by atoms with Crippen LogP contribution in [0.1, 0.15) is 28.2 Å². The van der Waals surface area contributed by atoms with E-state index >= 15 is 0 Å². The standard InChI is InChI=1S/C21H21N3O5S/c1-11(25)22-12-4-6-13(7-5-12)23-19(26)15-10-30-21-14-8-9-16(28-2)18(29-3)17(14)20(27)24(15)21/h4-9,15,21H,10H2,1-3H3,(H,22,25)(H,23,26)/t15-,21+/m1/s1. The molecule has 4 rings (SSSR count). The number of hydrogen-bond acceptors (Lipinski definition) is 6. The van der Waals surface area contributed by atoms with Gasteiger partial charge in [-0.3, -0.25) is 14.4 Å². The van der Waals surface area contributed by atoms with E-state index < -0.39 is 6.04 Å². The normalized spacial score (nSPS) is 19.2. The number of nitrogens with zero attached hydrogens (tertiary/aromatic N) is 1. The number of nitrogens with one attached hydrogen (secondary N) is 2. The number of methoxy groups -OCH3 is 2. The lowest BCUT2D eigenvalue weighted by Gasteiger charge is -2.22. The Morgan fingerprint density at radius 1 is 1.03 bits per heavy atom. The smallest absolute Gasteiger partial charge is 0.260 e. The van der Waals surface area contributed by atoms with Gasteiger partial charge in [0.2, 0.25) is 11.8 Å². The van der Waals surface area contributed by atoms with Crippen LogP contribution in [0.3, 0.4) is 0 Å². The molecule has 2 aliphatic rings. The van der Waals surface area contributed by atoms with Crippen molar-refractivity contribution in [1.82, 2.24) is 4.90 Å². The number of anilines is 2. The molecule has 156 valence electrons. The SMILES string of the molecule is COc1ccc2c(c1OC)C(=O)N1[C@@H](C(=O)Nc3ccc(NC(C)=O)cc3)CS[C@@H]21. The predicted octanol–water partition coefficient (Wildman–Crippen LogP) is 2.87. The summed E-state index contributed by atoms with van der Waals surface area (Å²) in [4.78, 5) is 38.9. The van der Waals surface area contributed by atoms with E-state index in [4.69, 9.17) is 9.47 Å². The summed E-state index contributed by atoms with van der Waals surface area (Å²) in [6.45, 7) is 1.43. The minimum atomic E-state index is -0.606. The summed E-state index contributed by atoms with van der Waals surface area (Å²) < 4.78 is 10.7. The highest BCUT2D eigenvalue weighted by Crippen LogP contribution is 2.52. The molecule has 9 heteroatoms. The van der Waals surface area contributed by atoms with Crippen molar-refractivity contribution in [3.63, 3.8) is 0 Å². The highest BCUT2D eigenvalue weighted by Gasteiger charge is 2.50. The number of amides is 3. The van der Waals surface area contributed by atoms with E-state index in [2.05, 4.69) is 10.6 Å². The largest absolute Gasteiger partial charge is 0.493 e. The Balaban J connectivity index is 1.54. The monoisotopic (exact) mass is 427 g/mol. The number of hydrogen-bond donors (Lipinski definition) is 2. The van der Waals surface area contributed by atoms with Gasteiger partial charge in [-0.2, -0.15) is 0 Å². The minimum Gasteiger partial charge on any atom is -0.493 e. The van der Waals surface area contributed by atoms with Crippen LogP contribution >= 0.6 is 11.8 Å². The number of carbonyl (C=O) groups excluding carboxylic acids is 3. The van der Waals surface area contributed by atoms with Gasteiger partial charge in [-0.25, -0.2) is 0 Å². The molecule has 3 amide bonds. The van der Waals surface area contributed by atoms with Crippen molar-refractivity contribution >= 4 is 40.9 Å². The van der Waals surface area contributed by atoms with Crippen molar-refractivity contribution in [1.29, 1.82) is 0 Å². The maximum absolute atomic E-state index is 13.2. The fourth-order valence-corrected chi connectivity index (χ4v) is 5.22. The molecule has 0 saturated carbocycles. The van der Waals surface area contributed by atoms with Gasteiger partial charge in [-0.1, -0.05) is 6.07 Å². The molecule has 1 saturated heterocycles. The second kappa shape index (κ2) is 7.91. The van der Waals surface area contributed by atoms with Gasteiger partial charge in [0.25, 0.3) is 5.91 Å². The van der Waals surface area contributed by atoms with E-state index in [9.17, 15) is 14.4 Å². The summed E-state index contributed by atoms with van der Waals surface area (Å²) in [5, 5.41) is 5.31. The van der Waals surface area contributed by atoms with Gasteiger partial charge < -0.3 is 25.0 Å². The quantitative estimate of drug-likeness (QED) is 0.762. The number of benzene rings is 2. The van der Waals surface area contributed by atoms with Crippen LogP contribution in [0.15, 0.2) is 36.4 Å². The van der Waals surface area contributed by atoms with Crippen molar-refractivity contribution in [2.24, 2.45) is 0 Å². The second-order valence-electron chi connectivity index (χ2n) is 6.93. The average molecular weight is 427 g/mol. The maximum atomic E-state index is 13.2. The molecule has 0 aromatic heterocycles. The van der Waals surface area contributed by atoms with Gasteiger partial charge in [0, 0.05) is 29.6 Å². The van der Waals surface area contributed by atoms with E-state index in [1.165, 1.54) is 21.1 Å². The molecular formula is C21H21N3O5S. The van der Waals surface area contributed by atoms with E-state index in [0.717, 1.165) is 5.56 Å². The number of carbonyl (C=O) groups is 3. The zero-order valence-electron chi connectivity index (χ0n) is 16.7. The van der Waals surface area contributed by atoms with Crippen LogP contribution in [0.5, 0.6) is 11.5 Å². The number of ether oxygens (including phenoxy) is 2. The van der Waals surface area contributed by atoms with Crippen molar-refractivity contribution < 1.29 is 23.9 Å². The molecule has 2 atom stereocenters. The Morgan fingerprint density at radius 2 is 1.70 bits per heavy atom. The van der Waals surface area contributed by atoms with Crippen molar-refractivity contribution in [3.05, 3.63) is 47.5 Å². The second-order valence-corrected chi connectivity index (χ2v) is 8.04. The molecule has 8 nitrogen and oxygen atoms in total. The van der Waals surface area contributed by atoms with Crippen molar-refractivity contribution in [2.45, 2.75) is 18.3 Å². The molecule has 1 fully saturated rings. The van der Waals surface area contributed by atoms with Gasteiger partial charge in [0.05, 0.1) is 19.8 Å². The molecule has 0 aliphatic carbocycles. The van der Waals surface area contributed by atoms with Gasteiger partial charge in [-0.05, 0) is 30.3 Å². The number of thioether (sulfide) groups is 1. The summed E-state index contributed by atoms with van der Waals surface area (Å²) in [6, 6.07) is 9.85. The molecule has 30 heavy (non-hydrogen) atoms. The van der Waals surface area contributed by atoms with Crippen LogP contribution < -0.4 is 20.1 Å². The van der Waals surface area contributed by atoms with Crippen LogP contribution in [0.2, 0.25) is 0 Å². The highest BCUT2D eigenvalue weighted by molar-refractivity contribution is 7.99. The third-order valence-electron chi connectivity index (χ3n) is 5.07. The third kappa shape index (κ3) is 3.35. The lowest BCUT2D eigenvalue weighted by Crippen LogP contribution is -2.42. The number of fused-ring (bicyclic) bond motifs is 3. The predicted molar refractivity (Wildman–Crippen MR) is 114 cm³/mol. The van der Waals surface area contributed by atoms with Gasteiger partial charge in [0.1, 0.15) is 11.4 Å². The first kappa shape index (κ1) is 20.1. The Labute approximate surface area is 177 Å². The number of rotatable bonds is 5. The third-order valence-corrected chi connectivity index (χ3v) is 6.37. The maximum Gasteiger partial charge on any atom is 0.260 e. The van der Waals surface area contributed by atoms with Crippen LogP contribution in [0, 0.1) is 0 Å². The summed E-state index contributed by atoms with van der Waals surface area (Å²) in [7, 11) is 3.02. The summed E-state index contributed by atoms with van der Waals surface area (Å²) >= 11 is 1.55. The molecule has 2 N–H and O–H groups in total. The van der Waals surface area contributed by atoms with Crippen molar-refractivity contribution in [3.8, 4) is 11.5 Å². The first-order valence-electron chi connectivity index (χ1n) is 9.32. The molecule has 2 aliphatic heterocycles. The topological polar surface area (TPSA) is 97.0 Å². The zero-order valence-corrected chi connectivity index (χ0v) is 17.5. The van der Waals surface area contributed by atoms with Crippen LogP contribution in [0.4, 0.5) is 11.4 Å². The first-order valence-corrected chi connectivity index (χ1v) is 10.4. The molecule has 2 heterocycles. The molecule has 2 aromatic carbocycles. The Hall–Kier alpha value is -3.20. The molecular weight excluding hydrogens is 406 g/mol. The molecule has 2 aromatic rings. The fraction of sp³-hybridized carbons (Fsp3) is 0.286. The Bertz CT molecular complexity index is 1020. The summed E-state index contributed by atoms with van der Waals surface area (Å²) in [6.07, 6.45) is 0. The average Bonchev–Trinajstić information content (AvgIpc) is 3.28. The van der Waals surface area contributed by atoms with Crippen LogP contribution in [-0.2, 0) is 9.59 Å². The summed E-state index contributed by atoms with van der Waals surface area (Å²) in [5.74, 6) is 0.708. The lowest BCUT2D eigenvalue weighted by atomic mass is 10.1. The molecule has 0 spiro atoms. The van der Waals surface area contributed by atoms with E-state index in [1.807, 2.05) is 6.07 Å².